The molecule has 8 heteroatoms. The van der Waals surface area contributed by atoms with Crippen LogP contribution in [-0.4, -0.2) is 28.5 Å². The second-order valence-corrected chi connectivity index (χ2v) is 6.98. The SMILES string of the molecule is CCC(=O)Nc1ccc(S(=O)(=O)n2cnc(C3CC3)n2)cc1. The molecule has 22 heavy (non-hydrogen) atoms. The van der Waals surface area contributed by atoms with Crippen molar-refractivity contribution in [2.24, 2.45) is 0 Å². The number of carbonyl (C=O) groups is 1. The van der Waals surface area contributed by atoms with Crippen molar-refractivity contribution in [2.45, 2.75) is 37.0 Å². The number of amides is 1. The van der Waals surface area contributed by atoms with E-state index in [1.54, 1.807) is 19.1 Å². The predicted octanol–water partition coefficient (Wildman–Crippen LogP) is 1.74. The molecule has 1 saturated carbocycles. The fraction of sp³-hybridized carbons (Fsp3) is 0.357. The number of rotatable bonds is 5. The highest BCUT2D eigenvalue weighted by molar-refractivity contribution is 7.89. The highest BCUT2D eigenvalue weighted by Crippen LogP contribution is 2.37. The van der Waals surface area contributed by atoms with Crippen LogP contribution in [-0.2, 0) is 14.8 Å². The molecule has 0 radical (unpaired) electrons. The third-order valence-electron chi connectivity index (χ3n) is 3.44. The lowest BCUT2D eigenvalue weighted by molar-refractivity contribution is -0.115. The van der Waals surface area contributed by atoms with Gasteiger partial charge in [-0.3, -0.25) is 4.79 Å². The van der Waals surface area contributed by atoms with E-state index >= 15 is 0 Å². The molecule has 2 aromatic rings. The maximum atomic E-state index is 12.5. The lowest BCUT2D eigenvalue weighted by Crippen LogP contribution is -2.14. The molecule has 7 nitrogen and oxygen atoms in total. The summed E-state index contributed by atoms with van der Waals surface area (Å²) in [6, 6.07) is 6.00. The van der Waals surface area contributed by atoms with Crippen LogP contribution in [0.1, 0.15) is 37.9 Å². The van der Waals surface area contributed by atoms with E-state index in [0.717, 1.165) is 16.9 Å². The molecule has 1 aliphatic rings. The molecule has 1 fully saturated rings. The van der Waals surface area contributed by atoms with E-state index in [1.165, 1.54) is 18.5 Å². The van der Waals surface area contributed by atoms with Gasteiger partial charge in [0.05, 0.1) is 4.90 Å². The van der Waals surface area contributed by atoms with Crippen LogP contribution in [0.3, 0.4) is 0 Å². The highest BCUT2D eigenvalue weighted by Gasteiger charge is 2.29. The quantitative estimate of drug-likeness (QED) is 0.905. The summed E-state index contributed by atoms with van der Waals surface area (Å²) in [5.74, 6) is 0.749. The van der Waals surface area contributed by atoms with Gasteiger partial charge in [0.2, 0.25) is 5.91 Å². The molecule has 1 N–H and O–H groups in total. The van der Waals surface area contributed by atoms with Gasteiger partial charge in [0, 0.05) is 18.0 Å². The Balaban J connectivity index is 1.83. The van der Waals surface area contributed by atoms with Crippen molar-refractivity contribution in [2.75, 3.05) is 5.32 Å². The number of nitrogens with zero attached hydrogens (tertiary/aromatic N) is 3. The maximum Gasteiger partial charge on any atom is 0.284 e. The van der Waals surface area contributed by atoms with Crippen LogP contribution >= 0.6 is 0 Å². The molecule has 1 aromatic heterocycles. The number of nitrogens with one attached hydrogen (secondary N) is 1. The van der Waals surface area contributed by atoms with Crippen molar-refractivity contribution in [3.8, 4) is 0 Å². The lowest BCUT2D eigenvalue weighted by atomic mass is 10.3. The van der Waals surface area contributed by atoms with Gasteiger partial charge in [0.15, 0.2) is 5.82 Å². The molecular weight excluding hydrogens is 304 g/mol. The number of carbonyl (C=O) groups excluding carboxylic acids is 1. The summed E-state index contributed by atoms with van der Waals surface area (Å²) in [5, 5.41) is 6.72. The minimum atomic E-state index is -3.74. The van der Waals surface area contributed by atoms with Gasteiger partial charge < -0.3 is 5.32 Å². The Bertz CT molecular complexity index is 792. The average Bonchev–Trinajstić information content (AvgIpc) is 3.24. The molecule has 1 amide bonds. The Kier molecular flexibility index (Phi) is 3.69. The third-order valence-corrected chi connectivity index (χ3v) is 4.97. The fourth-order valence-electron chi connectivity index (χ4n) is 1.97. The summed E-state index contributed by atoms with van der Waals surface area (Å²) in [6.45, 7) is 1.75. The molecule has 0 aliphatic heterocycles. The molecule has 1 aliphatic carbocycles. The van der Waals surface area contributed by atoms with E-state index in [1.807, 2.05) is 0 Å². The molecule has 0 spiro atoms. The largest absolute Gasteiger partial charge is 0.326 e. The van der Waals surface area contributed by atoms with E-state index < -0.39 is 10.0 Å². The summed E-state index contributed by atoms with van der Waals surface area (Å²) in [5.41, 5.74) is 0.558. The second kappa shape index (κ2) is 5.53. The fourth-order valence-corrected chi connectivity index (χ4v) is 3.03. The van der Waals surface area contributed by atoms with Crippen molar-refractivity contribution in [3.05, 3.63) is 36.4 Å². The van der Waals surface area contributed by atoms with Crippen molar-refractivity contribution >= 4 is 21.6 Å². The van der Waals surface area contributed by atoms with Crippen molar-refractivity contribution < 1.29 is 13.2 Å². The molecule has 0 atom stereocenters. The Morgan fingerprint density at radius 2 is 2.00 bits per heavy atom. The Labute approximate surface area is 128 Å². The lowest BCUT2D eigenvalue weighted by Gasteiger charge is -2.06. The topological polar surface area (TPSA) is 94.0 Å². The molecule has 0 bridgehead atoms. The zero-order valence-corrected chi connectivity index (χ0v) is 12.9. The maximum absolute atomic E-state index is 12.5. The predicted molar refractivity (Wildman–Crippen MR) is 79.9 cm³/mol. The number of hydrogen-bond donors (Lipinski definition) is 1. The van der Waals surface area contributed by atoms with Gasteiger partial charge in [-0.15, -0.1) is 9.19 Å². The average molecular weight is 320 g/mol. The molecule has 1 heterocycles. The van der Waals surface area contributed by atoms with Gasteiger partial charge in [-0.05, 0) is 37.1 Å². The number of aromatic nitrogens is 3. The van der Waals surface area contributed by atoms with Gasteiger partial charge in [0.1, 0.15) is 6.33 Å². The van der Waals surface area contributed by atoms with Crippen LogP contribution in [0.4, 0.5) is 5.69 Å². The second-order valence-electron chi connectivity index (χ2n) is 5.18. The van der Waals surface area contributed by atoms with E-state index in [9.17, 15) is 13.2 Å². The Morgan fingerprint density at radius 3 is 2.59 bits per heavy atom. The van der Waals surface area contributed by atoms with Crippen LogP contribution < -0.4 is 5.32 Å². The zero-order chi connectivity index (χ0) is 15.7. The summed E-state index contributed by atoms with van der Waals surface area (Å²) in [7, 11) is -3.74. The minimum Gasteiger partial charge on any atom is -0.326 e. The Hall–Kier alpha value is -2.22. The van der Waals surface area contributed by atoms with Gasteiger partial charge in [-0.2, -0.15) is 8.42 Å². The zero-order valence-electron chi connectivity index (χ0n) is 12.1. The van der Waals surface area contributed by atoms with Gasteiger partial charge in [0.25, 0.3) is 10.0 Å². The summed E-state index contributed by atoms with van der Waals surface area (Å²) in [6.07, 6.45) is 3.62. The van der Waals surface area contributed by atoms with Crippen LogP contribution in [0.5, 0.6) is 0 Å². The summed E-state index contributed by atoms with van der Waals surface area (Å²) < 4.78 is 25.8. The van der Waals surface area contributed by atoms with E-state index in [2.05, 4.69) is 15.4 Å². The van der Waals surface area contributed by atoms with Crippen molar-refractivity contribution in [1.82, 2.24) is 14.2 Å². The van der Waals surface area contributed by atoms with E-state index in [0.29, 0.717) is 23.9 Å². The first-order chi connectivity index (χ1) is 10.5. The minimum absolute atomic E-state index is 0.106. The number of benzene rings is 1. The summed E-state index contributed by atoms with van der Waals surface area (Å²) in [4.78, 5) is 15.5. The standard InChI is InChI=1S/C14H16N4O3S/c1-2-13(19)16-11-5-7-12(8-6-11)22(20,21)18-9-15-14(17-18)10-3-4-10/h5-10H,2-4H2,1H3,(H,16,19). The molecule has 3 rings (SSSR count). The first-order valence-electron chi connectivity index (χ1n) is 7.07. The normalized spacial score (nSPS) is 14.8. The van der Waals surface area contributed by atoms with Gasteiger partial charge in [-0.1, -0.05) is 6.92 Å². The first-order valence-corrected chi connectivity index (χ1v) is 8.52. The molecule has 116 valence electrons. The van der Waals surface area contributed by atoms with Crippen LogP contribution in [0.2, 0.25) is 0 Å². The number of anilines is 1. The van der Waals surface area contributed by atoms with Crippen LogP contribution in [0.15, 0.2) is 35.5 Å². The highest BCUT2D eigenvalue weighted by atomic mass is 32.2. The monoisotopic (exact) mass is 320 g/mol. The Morgan fingerprint density at radius 1 is 1.32 bits per heavy atom. The van der Waals surface area contributed by atoms with Gasteiger partial charge in [-0.25, -0.2) is 4.98 Å². The van der Waals surface area contributed by atoms with Gasteiger partial charge >= 0.3 is 0 Å². The summed E-state index contributed by atoms with van der Waals surface area (Å²) >= 11 is 0. The first kappa shape index (κ1) is 14.7. The molecule has 0 saturated heterocycles. The van der Waals surface area contributed by atoms with Crippen LogP contribution in [0.25, 0.3) is 0 Å². The molecule has 0 unspecified atom stereocenters. The van der Waals surface area contributed by atoms with Crippen molar-refractivity contribution in [1.29, 1.82) is 0 Å². The third kappa shape index (κ3) is 2.87. The van der Waals surface area contributed by atoms with E-state index in [4.69, 9.17) is 0 Å². The van der Waals surface area contributed by atoms with Crippen molar-refractivity contribution in [3.63, 3.8) is 0 Å². The molecule has 1 aromatic carbocycles. The van der Waals surface area contributed by atoms with Crippen LogP contribution in [0, 0.1) is 0 Å². The van der Waals surface area contributed by atoms with E-state index in [-0.39, 0.29) is 10.8 Å². The number of hydrogen-bond acceptors (Lipinski definition) is 5. The molecular formula is C14H16N4O3S. The smallest absolute Gasteiger partial charge is 0.284 e.